The summed E-state index contributed by atoms with van der Waals surface area (Å²) in [4.78, 5) is 15.2. The third-order valence-corrected chi connectivity index (χ3v) is 2.79. The molecule has 0 fully saturated rings. The number of carbonyl (C=O) groups is 1. The molecular formula is C13H17N3O2. The first kappa shape index (κ1) is 12.4. The third kappa shape index (κ3) is 2.45. The molecule has 0 saturated heterocycles. The number of hydrogen-bond donors (Lipinski definition) is 2. The Morgan fingerprint density at radius 3 is 2.94 bits per heavy atom. The molecule has 2 aromatic rings. The molecule has 0 amide bonds. The van der Waals surface area contributed by atoms with Crippen LogP contribution < -0.4 is 5.32 Å². The van der Waals surface area contributed by atoms with Gasteiger partial charge in [0.25, 0.3) is 0 Å². The van der Waals surface area contributed by atoms with Crippen molar-refractivity contribution in [3.63, 3.8) is 0 Å². The smallest absolute Gasteiger partial charge is 0.305 e. The summed E-state index contributed by atoms with van der Waals surface area (Å²) in [6.45, 7) is 5.20. The number of aromatic nitrogens is 2. The molecule has 2 N–H and O–H groups in total. The lowest BCUT2D eigenvalue weighted by atomic mass is 10.2. The van der Waals surface area contributed by atoms with Gasteiger partial charge in [-0.1, -0.05) is 6.07 Å². The normalized spacial score (nSPS) is 10.8. The molecule has 0 aliphatic heterocycles. The monoisotopic (exact) mass is 247 g/mol. The van der Waals surface area contributed by atoms with Gasteiger partial charge >= 0.3 is 5.97 Å². The number of nitrogens with one attached hydrogen (secondary N) is 1. The van der Waals surface area contributed by atoms with Crippen LogP contribution in [0.4, 0.5) is 5.95 Å². The van der Waals surface area contributed by atoms with Crippen LogP contribution in [0.5, 0.6) is 0 Å². The number of fused-ring (bicyclic) bond motifs is 1. The number of rotatable bonds is 5. The first-order valence-electron chi connectivity index (χ1n) is 6.04. The van der Waals surface area contributed by atoms with Gasteiger partial charge in [-0.3, -0.25) is 4.79 Å². The van der Waals surface area contributed by atoms with Crippen LogP contribution in [0.15, 0.2) is 18.2 Å². The third-order valence-electron chi connectivity index (χ3n) is 2.79. The molecule has 0 spiro atoms. The lowest BCUT2D eigenvalue weighted by molar-refractivity contribution is -0.137. The second-order valence-electron chi connectivity index (χ2n) is 4.25. The van der Waals surface area contributed by atoms with Crippen LogP contribution in [0.1, 0.15) is 18.9 Å². The molecule has 0 aliphatic rings. The Bertz CT molecular complexity index is 575. The number of nitrogens with zero attached hydrogens (tertiary/aromatic N) is 2. The number of imidazole rings is 1. The summed E-state index contributed by atoms with van der Waals surface area (Å²) in [5.41, 5.74) is 3.02. The van der Waals surface area contributed by atoms with E-state index in [1.807, 2.05) is 36.6 Å². The quantitative estimate of drug-likeness (QED) is 0.850. The van der Waals surface area contributed by atoms with Crippen LogP contribution in [0.3, 0.4) is 0 Å². The molecule has 0 atom stereocenters. The molecule has 5 heteroatoms. The van der Waals surface area contributed by atoms with Gasteiger partial charge < -0.3 is 15.0 Å². The predicted molar refractivity (Wildman–Crippen MR) is 70.9 cm³/mol. The first-order valence-corrected chi connectivity index (χ1v) is 6.04. The molecule has 5 nitrogen and oxygen atoms in total. The van der Waals surface area contributed by atoms with E-state index in [1.165, 1.54) is 0 Å². The molecule has 0 unspecified atom stereocenters. The van der Waals surface area contributed by atoms with Crippen LogP contribution in [0, 0.1) is 6.92 Å². The van der Waals surface area contributed by atoms with Gasteiger partial charge in [-0.2, -0.15) is 0 Å². The Balaban J connectivity index is 2.44. The maximum atomic E-state index is 10.7. The number of anilines is 1. The zero-order valence-corrected chi connectivity index (χ0v) is 10.6. The van der Waals surface area contributed by atoms with E-state index in [0.29, 0.717) is 6.54 Å². The van der Waals surface area contributed by atoms with Crippen molar-refractivity contribution >= 4 is 23.0 Å². The zero-order chi connectivity index (χ0) is 13.1. The van der Waals surface area contributed by atoms with Gasteiger partial charge in [0.1, 0.15) is 0 Å². The summed E-state index contributed by atoms with van der Waals surface area (Å²) in [6.07, 6.45) is 0.0950. The van der Waals surface area contributed by atoms with Crippen LogP contribution in [0.25, 0.3) is 11.0 Å². The highest BCUT2D eigenvalue weighted by Gasteiger charge is 2.11. The number of aliphatic carboxylic acids is 1. The van der Waals surface area contributed by atoms with Crippen molar-refractivity contribution in [2.75, 3.05) is 11.9 Å². The van der Waals surface area contributed by atoms with Crippen molar-refractivity contribution in [2.24, 2.45) is 0 Å². The largest absolute Gasteiger partial charge is 0.481 e. The van der Waals surface area contributed by atoms with Gasteiger partial charge in [-0.25, -0.2) is 4.98 Å². The van der Waals surface area contributed by atoms with Gasteiger partial charge in [-0.05, 0) is 31.5 Å². The predicted octanol–water partition coefficient (Wildman–Crippen LogP) is 2.25. The summed E-state index contributed by atoms with van der Waals surface area (Å²) >= 11 is 0. The van der Waals surface area contributed by atoms with E-state index in [1.54, 1.807) is 0 Å². The van der Waals surface area contributed by atoms with Crippen LogP contribution in [-0.2, 0) is 11.3 Å². The second kappa shape index (κ2) is 5.08. The van der Waals surface area contributed by atoms with E-state index >= 15 is 0 Å². The maximum Gasteiger partial charge on any atom is 0.305 e. The molecule has 18 heavy (non-hydrogen) atoms. The molecule has 2 rings (SSSR count). The van der Waals surface area contributed by atoms with Crippen molar-refractivity contribution < 1.29 is 9.90 Å². The number of benzene rings is 1. The number of hydrogen-bond acceptors (Lipinski definition) is 3. The van der Waals surface area contributed by atoms with Gasteiger partial charge in [0.15, 0.2) is 0 Å². The van der Waals surface area contributed by atoms with Gasteiger partial charge in [0.2, 0.25) is 5.95 Å². The minimum absolute atomic E-state index is 0.0950. The van der Waals surface area contributed by atoms with Crippen molar-refractivity contribution in [1.82, 2.24) is 9.55 Å². The van der Waals surface area contributed by atoms with E-state index in [-0.39, 0.29) is 6.42 Å². The summed E-state index contributed by atoms with van der Waals surface area (Å²) in [5, 5.41) is 12.0. The summed E-state index contributed by atoms with van der Waals surface area (Å²) in [5.74, 6) is -0.0641. The lowest BCUT2D eigenvalue weighted by Crippen LogP contribution is -2.09. The highest BCUT2D eigenvalue weighted by Crippen LogP contribution is 2.21. The Labute approximate surface area is 105 Å². The van der Waals surface area contributed by atoms with Crippen molar-refractivity contribution in [3.8, 4) is 0 Å². The minimum Gasteiger partial charge on any atom is -0.481 e. The highest BCUT2D eigenvalue weighted by molar-refractivity contribution is 5.79. The summed E-state index contributed by atoms with van der Waals surface area (Å²) in [7, 11) is 0. The summed E-state index contributed by atoms with van der Waals surface area (Å²) in [6, 6.07) is 6.00. The number of carboxylic acids is 1. The van der Waals surface area contributed by atoms with Gasteiger partial charge in [-0.15, -0.1) is 0 Å². The first-order chi connectivity index (χ1) is 8.61. The van der Waals surface area contributed by atoms with Crippen LogP contribution in [-0.4, -0.2) is 27.2 Å². The molecule has 0 saturated carbocycles. The fourth-order valence-corrected chi connectivity index (χ4v) is 1.97. The van der Waals surface area contributed by atoms with E-state index in [4.69, 9.17) is 5.11 Å². The molecule has 1 aromatic heterocycles. The number of aryl methyl sites for hydroxylation is 2. The van der Waals surface area contributed by atoms with E-state index in [9.17, 15) is 4.79 Å². The Morgan fingerprint density at radius 1 is 1.50 bits per heavy atom. The maximum absolute atomic E-state index is 10.7. The average molecular weight is 247 g/mol. The van der Waals surface area contributed by atoms with Crippen molar-refractivity contribution in [2.45, 2.75) is 26.8 Å². The topological polar surface area (TPSA) is 67.2 Å². The SMILES string of the molecule is CCNc1nc2cc(C)ccc2n1CCC(=O)O. The Kier molecular flexibility index (Phi) is 3.50. The van der Waals surface area contributed by atoms with Crippen molar-refractivity contribution in [3.05, 3.63) is 23.8 Å². The summed E-state index contributed by atoms with van der Waals surface area (Å²) < 4.78 is 1.92. The molecule has 1 aromatic carbocycles. The molecule has 0 radical (unpaired) electrons. The van der Waals surface area contributed by atoms with Crippen LogP contribution in [0.2, 0.25) is 0 Å². The fourth-order valence-electron chi connectivity index (χ4n) is 1.97. The molecular weight excluding hydrogens is 230 g/mol. The van der Waals surface area contributed by atoms with E-state index in [2.05, 4.69) is 10.3 Å². The standard InChI is InChI=1S/C13H17N3O2/c1-3-14-13-15-10-8-9(2)4-5-11(10)16(13)7-6-12(17)18/h4-5,8H,3,6-7H2,1-2H3,(H,14,15)(H,17,18). The fraction of sp³-hybridized carbons (Fsp3) is 0.385. The highest BCUT2D eigenvalue weighted by atomic mass is 16.4. The van der Waals surface area contributed by atoms with E-state index in [0.717, 1.165) is 29.1 Å². The Morgan fingerprint density at radius 2 is 2.28 bits per heavy atom. The zero-order valence-electron chi connectivity index (χ0n) is 10.6. The Hall–Kier alpha value is -2.04. The molecule has 96 valence electrons. The minimum atomic E-state index is -0.800. The van der Waals surface area contributed by atoms with Gasteiger partial charge in [0.05, 0.1) is 17.5 Å². The van der Waals surface area contributed by atoms with E-state index < -0.39 is 5.97 Å². The number of carboxylic acid groups (broad SMARTS) is 1. The average Bonchev–Trinajstić information content (AvgIpc) is 2.63. The van der Waals surface area contributed by atoms with Gasteiger partial charge in [0, 0.05) is 13.1 Å². The molecule has 0 bridgehead atoms. The second-order valence-corrected chi connectivity index (χ2v) is 4.25. The lowest BCUT2D eigenvalue weighted by Gasteiger charge is -2.08. The van der Waals surface area contributed by atoms with Crippen molar-refractivity contribution in [1.29, 1.82) is 0 Å². The molecule has 0 aliphatic carbocycles. The molecule has 1 heterocycles. The van der Waals surface area contributed by atoms with Crippen LogP contribution >= 0.6 is 0 Å².